The highest BCUT2D eigenvalue weighted by Gasteiger charge is 2.37. The van der Waals surface area contributed by atoms with Crippen LogP contribution in [-0.4, -0.2) is 21.6 Å². The van der Waals surface area contributed by atoms with Crippen LogP contribution in [0.1, 0.15) is 11.1 Å². The SMILES string of the molecule is O=C(CSc1nc2ccccc2[nH]1)Nc1cc(C(F)(F)F)cc(C(F)(F)F)c1. The zero-order chi connectivity index (χ0) is 20.5. The van der Waals surface area contributed by atoms with Crippen molar-refractivity contribution in [2.45, 2.75) is 17.5 Å². The summed E-state index contributed by atoms with van der Waals surface area (Å²) in [5.41, 5.74) is -2.18. The molecule has 148 valence electrons. The largest absolute Gasteiger partial charge is 0.416 e. The van der Waals surface area contributed by atoms with E-state index in [0.717, 1.165) is 17.3 Å². The highest BCUT2D eigenvalue weighted by atomic mass is 32.2. The van der Waals surface area contributed by atoms with Crippen molar-refractivity contribution in [3.05, 3.63) is 53.6 Å². The summed E-state index contributed by atoms with van der Waals surface area (Å²) in [5, 5.41) is 2.47. The minimum absolute atomic E-state index is 0.00118. The molecular formula is C17H11F6N3OS. The molecule has 0 saturated carbocycles. The highest BCUT2D eigenvalue weighted by Crippen LogP contribution is 2.37. The number of aromatic amines is 1. The van der Waals surface area contributed by atoms with E-state index in [2.05, 4.69) is 15.3 Å². The summed E-state index contributed by atoms with van der Waals surface area (Å²) >= 11 is 0.970. The second-order valence-corrected chi connectivity index (χ2v) is 6.65. The number of carbonyl (C=O) groups is 1. The van der Waals surface area contributed by atoms with Gasteiger partial charge in [0.15, 0.2) is 5.16 Å². The number of anilines is 1. The Labute approximate surface area is 158 Å². The average Bonchev–Trinajstić information content (AvgIpc) is 3.01. The number of halogens is 6. The van der Waals surface area contributed by atoms with E-state index in [1.807, 2.05) is 0 Å². The number of benzene rings is 2. The maximum atomic E-state index is 12.8. The van der Waals surface area contributed by atoms with Crippen LogP contribution in [0.5, 0.6) is 0 Å². The standard InChI is InChI=1S/C17H11F6N3OS/c18-16(19,20)9-5-10(17(21,22)23)7-11(6-9)24-14(27)8-28-15-25-12-3-1-2-4-13(12)26-15/h1-7H,8H2,(H,24,27)(H,25,26). The lowest BCUT2D eigenvalue weighted by Gasteiger charge is -2.14. The molecule has 0 radical (unpaired) electrons. The van der Waals surface area contributed by atoms with Crippen molar-refractivity contribution >= 4 is 34.4 Å². The van der Waals surface area contributed by atoms with E-state index >= 15 is 0 Å². The normalized spacial score (nSPS) is 12.4. The first-order chi connectivity index (χ1) is 13.0. The Morgan fingerprint density at radius 3 is 2.18 bits per heavy atom. The number of fused-ring (bicyclic) bond motifs is 1. The Bertz CT molecular complexity index is 947. The molecule has 3 aromatic rings. The molecule has 0 unspecified atom stereocenters. The average molecular weight is 419 g/mol. The van der Waals surface area contributed by atoms with E-state index in [1.54, 1.807) is 24.3 Å². The van der Waals surface area contributed by atoms with Crippen LogP contribution in [-0.2, 0) is 17.1 Å². The zero-order valence-corrected chi connectivity index (χ0v) is 14.6. The molecule has 2 N–H and O–H groups in total. The Morgan fingerprint density at radius 2 is 1.61 bits per heavy atom. The highest BCUT2D eigenvalue weighted by molar-refractivity contribution is 7.99. The molecule has 28 heavy (non-hydrogen) atoms. The van der Waals surface area contributed by atoms with Gasteiger partial charge in [0.05, 0.1) is 27.9 Å². The third kappa shape index (κ3) is 4.77. The molecule has 1 heterocycles. The predicted octanol–water partition coefficient (Wildman–Crippen LogP) is 5.33. The minimum atomic E-state index is -4.98. The van der Waals surface area contributed by atoms with Crippen LogP contribution in [0.15, 0.2) is 47.6 Å². The first-order valence-corrected chi connectivity index (χ1v) is 8.68. The number of amides is 1. The number of carbonyl (C=O) groups excluding carboxylic acids is 1. The summed E-state index contributed by atoms with van der Waals surface area (Å²) in [6, 6.07) is 7.99. The number of rotatable bonds is 4. The van der Waals surface area contributed by atoms with E-state index < -0.39 is 35.1 Å². The van der Waals surface area contributed by atoms with Crippen LogP contribution in [0, 0.1) is 0 Å². The molecule has 11 heteroatoms. The minimum Gasteiger partial charge on any atom is -0.333 e. The summed E-state index contributed by atoms with van der Waals surface area (Å²) in [7, 11) is 0. The maximum Gasteiger partial charge on any atom is 0.416 e. The van der Waals surface area contributed by atoms with Crippen molar-refractivity contribution in [1.82, 2.24) is 9.97 Å². The molecule has 2 aromatic carbocycles. The van der Waals surface area contributed by atoms with E-state index in [4.69, 9.17) is 0 Å². The van der Waals surface area contributed by atoms with Crippen molar-refractivity contribution in [2.75, 3.05) is 11.1 Å². The topological polar surface area (TPSA) is 57.8 Å². The second kappa shape index (κ2) is 7.38. The summed E-state index contributed by atoms with van der Waals surface area (Å²) in [4.78, 5) is 19.1. The van der Waals surface area contributed by atoms with E-state index in [0.29, 0.717) is 22.8 Å². The van der Waals surface area contributed by atoms with Gasteiger partial charge in [-0.3, -0.25) is 4.79 Å². The fraction of sp³-hybridized carbons (Fsp3) is 0.176. The molecule has 0 fully saturated rings. The Hall–Kier alpha value is -2.69. The Balaban J connectivity index is 1.73. The van der Waals surface area contributed by atoms with Gasteiger partial charge in [0.25, 0.3) is 0 Å². The fourth-order valence-corrected chi connectivity index (χ4v) is 3.04. The van der Waals surface area contributed by atoms with Crippen LogP contribution in [0.3, 0.4) is 0 Å². The van der Waals surface area contributed by atoms with Crippen molar-refractivity contribution in [1.29, 1.82) is 0 Å². The first-order valence-electron chi connectivity index (χ1n) is 7.69. The van der Waals surface area contributed by atoms with E-state index in [1.165, 1.54) is 0 Å². The lowest BCUT2D eigenvalue weighted by atomic mass is 10.1. The van der Waals surface area contributed by atoms with E-state index in [-0.39, 0.29) is 11.8 Å². The molecule has 0 aliphatic rings. The number of aromatic nitrogens is 2. The maximum absolute atomic E-state index is 12.8. The number of imidazole rings is 1. The zero-order valence-electron chi connectivity index (χ0n) is 13.8. The van der Waals surface area contributed by atoms with Crippen LogP contribution >= 0.6 is 11.8 Å². The number of thioether (sulfide) groups is 1. The molecular weight excluding hydrogens is 408 g/mol. The smallest absolute Gasteiger partial charge is 0.333 e. The van der Waals surface area contributed by atoms with Crippen LogP contribution in [0.25, 0.3) is 11.0 Å². The number of hydrogen-bond acceptors (Lipinski definition) is 3. The van der Waals surface area contributed by atoms with Crippen molar-refractivity contribution in [2.24, 2.45) is 0 Å². The first kappa shape index (κ1) is 20.1. The Kier molecular flexibility index (Phi) is 5.28. The van der Waals surface area contributed by atoms with Crippen LogP contribution < -0.4 is 5.32 Å². The fourth-order valence-electron chi connectivity index (χ4n) is 2.36. The van der Waals surface area contributed by atoms with Gasteiger partial charge in [0, 0.05) is 5.69 Å². The van der Waals surface area contributed by atoms with Gasteiger partial charge in [0.2, 0.25) is 5.91 Å². The van der Waals surface area contributed by atoms with Gasteiger partial charge in [-0.2, -0.15) is 26.3 Å². The lowest BCUT2D eigenvalue weighted by molar-refractivity contribution is -0.143. The summed E-state index contributed by atoms with van der Waals surface area (Å²) < 4.78 is 77.1. The van der Waals surface area contributed by atoms with Crippen molar-refractivity contribution in [3.63, 3.8) is 0 Å². The van der Waals surface area contributed by atoms with Gasteiger partial charge < -0.3 is 10.3 Å². The molecule has 1 aromatic heterocycles. The number of H-pyrrole nitrogens is 1. The molecule has 3 rings (SSSR count). The monoisotopic (exact) mass is 419 g/mol. The van der Waals surface area contributed by atoms with Gasteiger partial charge in [-0.15, -0.1) is 0 Å². The van der Waals surface area contributed by atoms with Crippen LogP contribution in [0.2, 0.25) is 0 Å². The molecule has 4 nitrogen and oxygen atoms in total. The number of nitrogens with zero attached hydrogens (tertiary/aromatic N) is 1. The molecule has 0 aliphatic carbocycles. The molecule has 0 spiro atoms. The Morgan fingerprint density at radius 1 is 1.00 bits per heavy atom. The van der Waals surface area contributed by atoms with Gasteiger partial charge >= 0.3 is 12.4 Å². The third-order valence-electron chi connectivity index (χ3n) is 3.58. The molecule has 0 bridgehead atoms. The summed E-state index contributed by atoms with van der Waals surface area (Å²) in [5.74, 6) is -1.02. The van der Waals surface area contributed by atoms with Crippen LogP contribution in [0.4, 0.5) is 32.0 Å². The molecule has 1 amide bonds. The molecule has 0 atom stereocenters. The number of hydrogen-bond donors (Lipinski definition) is 2. The lowest BCUT2D eigenvalue weighted by Crippen LogP contribution is -2.17. The number of para-hydroxylation sites is 2. The van der Waals surface area contributed by atoms with Crippen molar-refractivity contribution in [3.8, 4) is 0 Å². The van der Waals surface area contributed by atoms with Gasteiger partial charge in [-0.05, 0) is 30.3 Å². The second-order valence-electron chi connectivity index (χ2n) is 5.69. The van der Waals surface area contributed by atoms with Gasteiger partial charge in [-0.25, -0.2) is 4.98 Å². The molecule has 0 aliphatic heterocycles. The summed E-state index contributed by atoms with van der Waals surface area (Å²) in [6.45, 7) is 0. The van der Waals surface area contributed by atoms with Crippen molar-refractivity contribution < 1.29 is 31.1 Å². The van der Waals surface area contributed by atoms with Gasteiger partial charge in [0.1, 0.15) is 0 Å². The van der Waals surface area contributed by atoms with Gasteiger partial charge in [-0.1, -0.05) is 23.9 Å². The third-order valence-corrected chi connectivity index (χ3v) is 4.45. The number of alkyl halides is 6. The molecule has 0 saturated heterocycles. The predicted molar refractivity (Wildman–Crippen MR) is 91.9 cm³/mol. The summed E-state index contributed by atoms with van der Waals surface area (Å²) in [6.07, 6.45) is -9.96. The van der Waals surface area contributed by atoms with E-state index in [9.17, 15) is 31.1 Å². The quantitative estimate of drug-likeness (QED) is 0.444. The number of nitrogens with one attached hydrogen (secondary N) is 2.